The lowest BCUT2D eigenvalue weighted by atomic mass is 10.1. The molecule has 0 saturated carbocycles. The molecule has 0 aromatic carbocycles. The third-order valence-corrected chi connectivity index (χ3v) is 4.25. The molecule has 0 aromatic rings. The molecule has 100 valence electrons. The van der Waals surface area contributed by atoms with Gasteiger partial charge in [0.1, 0.15) is 0 Å². The highest BCUT2D eigenvalue weighted by molar-refractivity contribution is 7.87. The van der Waals surface area contributed by atoms with Crippen LogP contribution in [0.4, 0.5) is 4.79 Å². The van der Waals surface area contributed by atoms with Crippen molar-refractivity contribution in [3.8, 4) is 0 Å². The van der Waals surface area contributed by atoms with E-state index < -0.39 is 16.3 Å². The molecule has 1 N–H and O–H groups in total. The maximum atomic E-state index is 11.7. The average Bonchev–Trinajstić information content (AvgIpc) is 2.67. The van der Waals surface area contributed by atoms with Crippen molar-refractivity contribution < 1.29 is 17.9 Å². The lowest BCUT2D eigenvalue weighted by Gasteiger charge is -2.16. The molecule has 0 bridgehead atoms. The Labute approximate surface area is 106 Å². The van der Waals surface area contributed by atoms with Crippen LogP contribution in [0.3, 0.4) is 0 Å². The molecule has 1 saturated heterocycles. The van der Waals surface area contributed by atoms with Crippen LogP contribution in [0.25, 0.3) is 0 Å². The first-order chi connectivity index (χ1) is 7.99. The van der Waals surface area contributed by atoms with Gasteiger partial charge in [0.05, 0.1) is 6.61 Å². The van der Waals surface area contributed by atoms with Crippen LogP contribution in [-0.4, -0.2) is 44.4 Å². The van der Waals surface area contributed by atoms with Crippen molar-refractivity contribution in [3.05, 3.63) is 0 Å². The maximum absolute atomic E-state index is 11.7. The number of rotatable bonds is 5. The van der Waals surface area contributed by atoms with E-state index in [-0.39, 0.29) is 12.5 Å². The van der Waals surface area contributed by atoms with E-state index in [1.54, 1.807) is 6.92 Å². The second-order valence-corrected chi connectivity index (χ2v) is 5.87. The van der Waals surface area contributed by atoms with Crippen LogP contribution in [0.5, 0.6) is 0 Å². The number of nitrogens with zero attached hydrogens (tertiary/aromatic N) is 1. The smallest absolute Gasteiger partial charge is 0.421 e. The fraction of sp³-hybridized carbons (Fsp3) is 0.889. The molecule has 0 aliphatic carbocycles. The molecule has 6 nitrogen and oxygen atoms in total. The van der Waals surface area contributed by atoms with Gasteiger partial charge in [-0.15, -0.1) is 11.6 Å². The predicted molar refractivity (Wildman–Crippen MR) is 64.1 cm³/mol. The molecule has 0 spiro atoms. The van der Waals surface area contributed by atoms with Gasteiger partial charge in [0, 0.05) is 19.0 Å². The molecule has 1 fully saturated rings. The summed E-state index contributed by atoms with van der Waals surface area (Å²) < 4.78 is 31.1. The van der Waals surface area contributed by atoms with Crippen LogP contribution < -0.4 is 4.72 Å². The van der Waals surface area contributed by atoms with Gasteiger partial charge in [0.2, 0.25) is 0 Å². The van der Waals surface area contributed by atoms with Crippen molar-refractivity contribution in [2.45, 2.75) is 19.8 Å². The number of carbonyl (C=O) groups excluding carboxylic acids is 1. The molecule has 1 unspecified atom stereocenters. The third kappa shape index (κ3) is 4.33. The molecule has 17 heavy (non-hydrogen) atoms. The predicted octanol–water partition coefficient (Wildman–Crippen LogP) is 0.928. The Kier molecular flexibility index (Phi) is 5.48. The minimum Gasteiger partial charge on any atom is -0.449 e. The summed E-state index contributed by atoms with van der Waals surface area (Å²) in [7, 11) is -3.77. The molecule has 1 rings (SSSR count). The van der Waals surface area contributed by atoms with Gasteiger partial charge < -0.3 is 4.74 Å². The van der Waals surface area contributed by atoms with Gasteiger partial charge >= 0.3 is 16.3 Å². The Balaban J connectivity index is 2.52. The monoisotopic (exact) mass is 284 g/mol. The van der Waals surface area contributed by atoms with E-state index in [0.29, 0.717) is 19.0 Å². The summed E-state index contributed by atoms with van der Waals surface area (Å²) in [5.41, 5.74) is 0. The fourth-order valence-corrected chi connectivity index (χ4v) is 3.20. The topological polar surface area (TPSA) is 75.7 Å². The average molecular weight is 285 g/mol. The Hall–Kier alpha value is -0.530. The number of hydrogen-bond donors (Lipinski definition) is 1. The van der Waals surface area contributed by atoms with Crippen molar-refractivity contribution in [1.82, 2.24) is 9.03 Å². The summed E-state index contributed by atoms with van der Waals surface area (Å²) in [5.74, 6) is 0.787. The van der Waals surface area contributed by atoms with Crippen LogP contribution in [0, 0.1) is 5.92 Å². The second-order valence-electron chi connectivity index (χ2n) is 3.82. The summed E-state index contributed by atoms with van der Waals surface area (Å²) in [6.45, 7) is 2.56. The number of alkyl halides is 1. The first-order valence-electron chi connectivity index (χ1n) is 5.50. The largest absolute Gasteiger partial charge is 0.449 e. The van der Waals surface area contributed by atoms with E-state index in [1.807, 2.05) is 4.72 Å². The van der Waals surface area contributed by atoms with Crippen LogP contribution in [0.2, 0.25) is 0 Å². The van der Waals surface area contributed by atoms with Crippen LogP contribution in [0.1, 0.15) is 19.8 Å². The van der Waals surface area contributed by atoms with E-state index in [9.17, 15) is 13.2 Å². The SMILES string of the molecule is CCOC(=O)NS(=O)(=O)N1CCC(CCCl)C1. The number of ether oxygens (including phenoxy) is 1. The molecule has 1 aliphatic rings. The molecule has 0 aromatic heterocycles. The number of amides is 1. The number of halogens is 1. The van der Waals surface area contributed by atoms with E-state index in [1.165, 1.54) is 4.31 Å². The Morgan fingerprint density at radius 2 is 2.29 bits per heavy atom. The molecule has 1 atom stereocenters. The minimum atomic E-state index is -3.77. The number of carbonyl (C=O) groups is 1. The van der Waals surface area contributed by atoms with Gasteiger partial charge in [-0.3, -0.25) is 0 Å². The second kappa shape index (κ2) is 6.42. The molecular weight excluding hydrogens is 268 g/mol. The molecule has 8 heteroatoms. The summed E-state index contributed by atoms with van der Waals surface area (Å²) >= 11 is 5.61. The van der Waals surface area contributed by atoms with E-state index >= 15 is 0 Å². The normalized spacial score (nSPS) is 21.4. The van der Waals surface area contributed by atoms with Gasteiger partial charge in [0.25, 0.3) is 0 Å². The minimum absolute atomic E-state index is 0.135. The number of hydrogen-bond acceptors (Lipinski definition) is 4. The lowest BCUT2D eigenvalue weighted by Crippen LogP contribution is -2.42. The van der Waals surface area contributed by atoms with Crippen molar-refractivity contribution in [2.75, 3.05) is 25.6 Å². The Bertz CT molecular complexity index is 360. The highest BCUT2D eigenvalue weighted by Crippen LogP contribution is 2.21. The van der Waals surface area contributed by atoms with E-state index in [4.69, 9.17) is 11.6 Å². The van der Waals surface area contributed by atoms with E-state index in [0.717, 1.165) is 12.8 Å². The zero-order valence-electron chi connectivity index (χ0n) is 9.69. The third-order valence-electron chi connectivity index (χ3n) is 2.59. The number of nitrogens with one attached hydrogen (secondary N) is 1. The van der Waals surface area contributed by atoms with Crippen LogP contribution >= 0.6 is 11.6 Å². The first kappa shape index (κ1) is 14.5. The first-order valence-corrected chi connectivity index (χ1v) is 7.47. The van der Waals surface area contributed by atoms with Crippen molar-refractivity contribution in [1.29, 1.82) is 0 Å². The Morgan fingerprint density at radius 1 is 1.59 bits per heavy atom. The molecule has 1 aliphatic heterocycles. The maximum Gasteiger partial charge on any atom is 0.421 e. The quantitative estimate of drug-likeness (QED) is 0.762. The summed E-state index contributed by atoms with van der Waals surface area (Å²) in [6.07, 6.45) is 0.622. The zero-order valence-corrected chi connectivity index (χ0v) is 11.3. The van der Waals surface area contributed by atoms with Gasteiger partial charge in [-0.05, 0) is 25.7 Å². The molecular formula is C9H17ClN2O4S. The van der Waals surface area contributed by atoms with Crippen molar-refractivity contribution in [2.24, 2.45) is 5.92 Å². The lowest BCUT2D eigenvalue weighted by molar-refractivity contribution is 0.158. The summed E-state index contributed by atoms with van der Waals surface area (Å²) in [6, 6.07) is 0. The standard InChI is InChI=1S/C9H17ClN2O4S/c1-2-16-9(13)11-17(14,15)12-6-4-8(7-12)3-5-10/h8H,2-7H2,1H3,(H,11,13). The summed E-state index contributed by atoms with van der Waals surface area (Å²) in [4.78, 5) is 11.1. The molecule has 1 heterocycles. The van der Waals surface area contributed by atoms with Crippen molar-refractivity contribution in [3.63, 3.8) is 0 Å². The zero-order chi connectivity index (χ0) is 12.9. The molecule has 1 amide bonds. The fourth-order valence-electron chi connectivity index (χ4n) is 1.74. The Morgan fingerprint density at radius 3 is 2.88 bits per heavy atom. The van der Waals surface area contributed by atoms with E-state index in [2.05, 4.69) is 4.74 Å². The molecule has 0 radical (unpaired) electrons. The van der Waals surface area contributed by atoms with Gasteiger partial charge in [-0.25, -0.2) is 9.52 Å². The van der Waals surface area contributed by atoms with Crippen LogP contribution in [-0.2, 0) is 14.9 Å². The summed E-state index contributed by atoms with van der Waals surface area (Å²) in [5, 5.41) is 0. The highest BCUT2D eigenvalue weighted by atomic mass is 35.5. The van der Waals surface area contributed by atoms with Crippen LogP contribution in [0.15, 0.2) is 0 Å². The van der Waals surface area contributed by atoms with Crippen molar-refractivity contribution >= 4 is 27.9 Å². The van der Waals surface area contributed by atoms with Gasteiger partial charge in [0.15, 0.2) is 0 Å². The van der Waals surface area contributed by atoms with Gasteiger partial charge in [-0.1, -0.05) is 0 Å². The highest BCUT2D eigenvalue weighted by Gasteiger charge is 2.32. The van der Waals surface area contributed by atoms with Gasteiger partial charge in [-0.2, -0.15) is 12.7 Å².